The van der Waals surface area contributed by atoms with Crippen LogP contribution in [0.1, 0.15) is 5.56 Å². The van der Waals surface area contributed by atoms with Crippen LogP contribution in [0.4, 0.5) is 0 Å². The van der Waals surface area contributed by atoms with E-state index in [2.05, 4.69) is 21.1 Å². The molecule has 2 aromatic heterocycles. The van der Waals surface area contributed by atoms with Gasteiger partial charge in [-0.1, -0.05) is 17.8 Å². The zero-order chi connectivity index (χ0) is 14.5. The molecule has 0 unspecified atom stereocenters. The molecule has 0 saturated heterocycles. The molecule has 0 atom stereocenters. The maximum Gasteiger partial charge on any atom is 0.253 e. The van der Waals surface area contributed by atoms with Crippen molar-refractivity contribution in [2.45, 2.75) is 5.16 Å². The Morgan fingerprint density at radius 1 is 1.33 bits per heavy atom. The van der Waals surface area contributed by atoms with Crippen LogP contribution in [-0.2, 0) is 0 Å². The van der Waals surface area contributed by atoms with E-state index in [0.29, 0.717) is 34.6 Å². The third-order valence-electron chi connectivity index (χ3n) is 2.64. The van der Waals surface area contributed by atoms with E-state index in [9.17, 15) is 0 Å². The van der Waals surface area contributed by atoms with Crippen LogP contribution < -0.4 is 4.74 Å². The van der Waals surface area contributed by atoms with E-state index in [-0.39, 0.29) is 0 Å². The summed E-state index contributed by atoms with van der Waals surface area (Å²) in [7, 11) is 0. The number of hydrogen-bond acceptors (Lipinski definition) is 6. The Balaban J connectivity index is 1.53. The molecule has 1 aromatic carbocycles. The van der Waals surface area contributed by atoms with E-state index >= 15 is 0 Å². The summed E-state index contributed by atoms with van der Waals surface area (Å²) in [6.07, 6.45) is 3.49. The maximum atomic E-state index is 8.82. The quantitative estimate of drug-likeness (QED) is 0.530. The van der Waals surface area contributed by atoms with Crippen LogP contribution in [0.3, 0.4) is 0 Å². The van der Waals surface area contributed by atoms with Gasteiger partial charge in [-0.25, -0.2) is 9.50 Å². The number of benzene rings is 1. The van der Waals surface area contributed by atoms with Crippen molar-refractivity contribution in [1.29, 1.82) is 5.26 Å². The van der Waals surface area contributed by atoms with E-state index in [1.54, 1.807) is 35.0 Å². The van der Waals surface area contributed by atoms with Crippen LogP contribution in [0.15, 0.2) is 47.9 Å². The first-order valence-corrected chi connectivity index (χ1v) is 7.27. The highest BCUT2D eigenvalue weighted by Crippen LogP contribution is 2.16. The van der Waals surface area contributed by atoms with E-state index in [0.717, 1.165) is 0 Å². The Kier molecular flexibility index (Phi) is 3.98. The number of rotatable bonds is 5. The lowest BCUT2D eigenvalue weighted by Gasteiger charge is -2.04. The van der Waals surface area contributed by atoms with Crippen molar-refractivity contribution in [1.82, 2.24) is 19.6 Å². The molecule has 0 amide bonds. The van der Waals surface area contributed by atoms with Gasteiger partial charge in [-0.2, -0.15) is 10.2 Å². The van der Waals surface area contributed by atoms with Gasteiger partial charge in [0, 0.05) is 18.1 Å². The molecule has 6 nitrogen and oxygen atoms in total. The van der Waals surface area contributed by atoms with Gasteiger partial charge in [0.1, 0.15) is 5.75 Å². The van der Waals surface area contributed by atoms with Crippen molar-refractivity contribution < 1.29 is 4.74 Å². The van der Waals surface area contributed by atoms with Gasteiger partial charge in [0.05, 0.1) is 18.2 Å². The highest BCUT2D eigenvalue weighted by molar-refractivity contribution is 7.99. The standard InChI is InChI=1S/C14H11N5OS/c15-10-11-3-1-4-12(9-11)20-7-8-21-14-17-13-16-5-2-6-19(13)18-14/h1-6,9H,7-8H2. The van der Waals surface area contributed by atoms with Crippen molar-refractivity contribution in [2.24, 2.45) is 0 Å². The van der Waals surface area contributed by atoms with E-state index < -0.39 is 0 Å². The van der Waals surface area contributed by atoms with Crippen molar-refractivity contribution >= 4 is 17.5 Å². The minimum absolute atomic E-state index is 0.516. The lowest BCUT2D eigenvalue weighted by Crippen LogP contribution is -2.00. The van der Waals surface area contributed by atoms with Gasteiger partial charge >= 0.3 is 0 Å². The largest absolute Gasteiger partial charge is 0.493 e. The maximum absolute atomic E-state index is 8.82. The third kappa shape index (κ3) is 3.30. The van der Waals surface area contributed by atoms with E-state index in [1.165, 1.54) is 11.8 Å². The molecular weight excluding hydrogens is 286 g/mol. The molecule has 0 aliphatic heterocycles. The molecule has 0 saturated carbocycles. The molecule has 3 aromatic rings. The summed E-state index contributed by atoms with van der Waals surface area (Å²) in [5.74, 6) is 2.00. The number of thioether (sulfide) groups is 1. The summed E-state index contributed by atoms with van der Waals surface area (Å²) < 4.78 is 7.23. The number of hydrogen-bond donors (Lipinski definition) is 0. The SMILES string of the molecule is N#Cc1cccc(OCCSc2nc3ncccn3n2)c1. The molecule has 7 heteroatoms. The van der Waals surface area contributed by atoms with Gasteiger partial charge < -0.3 is 4.74 Å². The predicted molar refractivity (Wildman–Crippen MR) is 78.2 cm³/mol. The highest BCUT2D eigenvalue weighted by atomic mass is 32.2. The molecule has 0 radical (unpaired) electrons. The molecule has 0 spiro atoms. The molecule has 21 heavy (non-hydrogen) atoms. The average Bonchev–Trinajstić information content (AvgIpc) is 2.94. The van der Waals surface area contributed by atoms with E-state index in [1.807, 2.05) is 12.3 Å². The smallest absolute Gasteiger partial charge is 0.253 e. The van der Waals surface area contributed by atoms with Gasteiger partial charge in [0.2, 0.25) is 5.16 Å². The molecule has 0 N–H and O–H groups in total. The van der Waals surface area contributed by atoms with Crippen LogP contribution in [0, 0.1) is 11.3 Å². The second-order valence-electron chi connectivity index (χ2n) is 4.10. The summed E-state index contributed by atoms with van der Waals surface area (Å²) in [6, 6.07) is 11.0. The Bertz CT molecular complexity index is 762. The molecule has 2 heterocycles. The zero-order valence-corrected chi connectivity index (χ0v) is 11.8. The Hall–Kier alpha value is -2.59. The number of ether oxygens (including phenoxy) is 1. The first kappa shape index (κ1) is 13.4. The molecule has 3 rings (SSSR count). The fourth-order valence-electron chi connectivity index (χ4n) is 1.72. The first-order chi connectivity index (χ1) is 10.3. The monoisotopic (exact) mass is 297 g/mol. The van der Waals surface area contributed by atoms with Crippen LogP contribution in [-0.4, -0.2) is 31.9 Å². The van der Waals surface area contributed by atoms with Crippen molar-refractivity contribution in [2.75, 3.05) is 12.4 Å². The van der Waals surface area contributed by atoms with Crippen molar-refractivity contribution in [3.8, 4) is 11.8 Å². The Morgan fingerprint density at radius 2 is 2.29 bits per heavy atom. The second-order valence-corrected chi connectivity index (χ2v) is 5.16. The van der Waals surface area contributed by atoms with Crippen molar-refractivity contribution in [3.05, 3.63) is 48.3 Å². The number of fused-ring (bicyclic) bond motifs is 1. The van der Waals surface area contributed by atoms with Gasteiger partial charge in [0.15, 0.2) is 0 Å². The minimum atomic E-state index is 0.516. The molecule has 0 fully saturated rings. The average molecular weight is 297 g/mol. The lowest BCUT2D eigenvalue weighted by atomic mass is 10.2. The Labute approximate surface area is 125 Å². The third-order valence-corrected chi connectivity index (χ3v) is 3.45. The van der Waals surface area contributed by atoms with Crippen LogP contribution in [0.2, 0.25) is 0 Å². The second kappa shape index (κ2) is 6.24. The zero-order valence-electron chi connectivity index (χ0n) is 11.0. The number of nitriles is 1. The summed E-state index contributed by atoms with van der Waals surface area (Å²) in [6.45, 7) is 0.516. The van der Waals surface area contributed by atoms with Gasteiger partial charge in [-0.3, -0.25) is 0 Å². The molecular formula is C14H11N5OS. The lowest BCUT2D eigenvalue weighted by molar-refractivity contribution is 0.344. The summed E-state index contributed by atoms with van der Waals surface area (Å²) in [5, 5.41) is 13.8. The topological polar surface area (TPSA) is 76.1 Å². The predicted octanol–water partition coefficient (Wildman–Crippen LogP) is 2.17. The number of nitrogens with zero attached hydrogens (tertiary/aromatic N) is 5. The van der Waals surface area contributed by atoms with Gasteiger partial charge in [-0.15, -0.1) is 5.10 Å². The fourth-order valence-corrected chi connectivity index (χ4v) is 2.36. The van der Waals surface area contributed by atoms with E-state index in [4.69, 9.17) is 10.00 Å². The molecule has 0 aliphatic carbocycles. The Morgan fingerprint density at radius 3 is 3.14 bits per heavy atom. The van der Waals surface area contributed by atoms with Crippen molar-refractivity contribution in [3.63, 3.8) is 0 Å². The minimum Gasteiger partial charge on any atom is -0.493 e. The fraction of sp³-hybridized carbons (Fsp3) is 0.143. The normalized spacial score (nSPS) is 10.4. The van der Waals surface area contributed by atoms with Gasteiger partial charge in [0.25, 0.3) is 5.78 Å². The summed E-state index contributed by atoms with van der Waals surface area (Å²) in [4.78, 5) is 8.40. The van der Waals surface area contributed by atoms with Crippen LogP contribution in [0.25, 0.3) is 5.78 Å². The molecule has 0 aliphatic rings. The molecule has 0 bridgehead atoms. The summed E-state index contributed by atoms with van der Waals surface area (Å²) >= 11 is 1.50. The summed E-state index contributed by atoms with van der Waals surface area (Å²) in [5.41, 5.74) is 0.591. The highest BCUT2D eigenvalue weighted by Gasteiger charge is 2.04. The van der Waals surface area contributed by atoms with Crippen LogP contribution >= 0.6 is 11.8 Å². The molecule has 104 valence electrons. The van der Waals surface area contributed by atoms with Crippen LogP contribution in [0.5, 0.6) is 5.75 Å². The first-order valence-electron chi connectivity index (χ1n) is 6.28. The number of aromatic nitrogens is 4. The van der Waals surface area contributed by atoms with Gasteiger partial charge in [-0.05, 0) is 24.3 Å².